The van der Waals surface area contributed by atoms with E-state index in [4.69, 9.17) is 4.74 Å². The first-order chi connectivity index (χ1) is 13.9. The molecule has 2 aromatic rings. The van der Waals surface area contributed by atoms with Gasteiger partial charge in [-0.15, -0.1) is 0 Å². The molecule has 0 amide bonds. The molecule has 33 heavy (non-hydrogen) atoms. The van der Waals surface area contributed by atoms with Crippen LogP contribution in [0.15, 0.2) is 17.1 Å². The molecule has 13 heteroatoms. The molecule has 1 fully saturated rings. The Labute approximate surface area is 189 Å². The van der Waals surface area contributed by atoms with Gasteiger partial charge in [0.1, 0.15) is 17.9 Å². The van der Waals surface area contributed by atoms with Crippen LogP contribution in [0, 0.1) is 11.7 Å². The van der Waals surface area contributed by atoms with Crippen LogP contribution in [0.1, 0.15) is 23.7 Å². The summed E-state index contributed by atoms with van der Waals surface area (Å²) in [6.45, 7) is 3.98. The fourth-order valence-corrected chi connectivity index (χ4v) is 3.95. The number of hydrogen-bond acceptors (Lipinski definition) is 5. The number of carbonyl (C=O) groups is 1. The number of alkyl halides is 1. The van der Waals surface area contributed by atoms with Crippen molar-refractivity contribution in [3.8, 4) is 5.75 Å². The molecule has 0 spiro atoms. The second-order valence-electron chi connectivity index (χ2n) is 7.10. The summed E-state index contributed by atoms with van der Waals surface area (Å²) in [4.78, 5) is 25.9. The summed E-state index contributed by atoms with van der Waals surface area (Å²) in [6.07, 6.45) is 1.97. The third-order valence-corrected chi connectivity index (χ3v) is 5.29. The zero-order valence-electron chi connectivity index (χ0n) is 18.2. The van der Waals surface area contributed by atoms with Crippen LogP contribution in [0.4, 0.5) is 14.5 Å². The molecule has 1 unspecified atom stereocenters. The smallest absolute Gasteiger partial charge is 1.00 e. The molecule has 2 N–H and O–H groups in total. The minimum absolute atomic E-state index is 0. The summed E-state index contributed by atoms with van der Waals surface area (Å²) in [5.41, 5.74) is -0.939. The SMILES string of the molecule is CCNCC1CCN(c2c(F)cc3c(=O)c(C(=O)O)cn(CCF)c3c2OC)C1.[B+3].[F-].[F-].[F-]. The van der Waals surface area contributed by atoms with Crippen molar-refractivity contribution in [2.24, 2.45) is 5.92 Å². The Kier molecular flexibility index (Phi) is 13.4. The second-order valence-corrected chi connectivity index (χ2v) is 7.10. The van der Waals surface area contributed by atoms with E-state index in [1.807, 2.05) is 11.8 Å². The van der Waals surface area contributed by atoms with Gasteiger partial charge in [0.05, 0.1) is 24.6 Å². The van der Waals surface area contributed by atoms with Gasteiger partial charge >= 0.3 is 14.4 Å². The number of carboxylic acids is 1. The number of hydrogen-bond donors (Lipinski definition) is 2. The Morgan fingerprint density at radius 2 is 2.00 bits per heavy atom. The minimum Gasteiger partial charge on any atom is -1.00 e. The molecule has 1 aliphatic rings. The largest absolute Gasteiger partial charge is 3.00 e. The second kappa shape index (κ2) is 13.7. The van der Waals surface area contributed by atoms with Crippen molar-refractivity contribution in [3.63, 3.8) is 0 Å². The van der Waals surface area contributed by atoms with Crippen molar-refractivity contribution in [3.05, 3.63) is 33.9 Å². The predicted molar refractivity (Wildman–Crippen MR) is 112 cm³/mol. The third kappa shape index (κ3) is 6.15. The number of carboxylic acid groups (broad SMARTS) is 1. The molecular weight excluding hydrogens is 452 g/mol. The van der Waals surface area contributed by atoms with Crippen molar-refractivity contribution in [2.75, 3.05) is 44.9 Å². The molecule has 0 radical (unpaired) electrons. The summed E-state index contributed by atoms with van der Waals surface area (Å²) in [7, 11) is 1.36. The Balaban J connectivity index is 0. The van der Waals surface area contributed by atoms with Gasteiger partial charge in [0.15, 0.2) is 11.6 Å². The van der Waals surface area contributed by atoms with Crippen LogP contribution in [0.25, 0.3) is 10.9 Å². The number of aryl methyl sites for hydroxylation is 1. The molecule has 1 aliphatic heterocycles. The average Bonchev–Trinajstić information content (AvgIpc) is 3.15. The standard InChI is InChI=1S/C20H25F2N3O4.B.3FH/c1-3-23-9-12-4-6-24(10-12)17-15(22)8-13-16(19(17)29-2)25(7-5-21)11-14(18(13)26)20(27)28;;;;/h8,11-12,23H,3-7,9-10H2,1-2H3,(H,27,28);;3*1H/q;+3;;;/p-3. The van der Waals surface area contributed by atoms with Gasteiger partial charge in [0.25, 0.3) is 0 Å². The zero-order chi connectivity index (χ0) is 21.1. The fourth-order valence-electron chi connectivity index (χ4n) is 3.95. The molecular formula is C20H25BF5N3O4. The number of ether oxygens (including phenoxy) is 1. The maximum atomic E-state index is 15.1. The van der Waals surface area contributed by atoms with Gasteiger partial charge in [-0.2, -0.15) is 0 Å². The van der Waals surface area contributed by atoms with E-state index in [0.717, 1.165) is 31.8 Å². The number of nitrogens with zero attached hydrogens (tertiary/aromatic N) is 2. The number of aromatic carboxylic acids is 1. The van der Waals surface area contributed by atoms with E-state index in [0.29, 0.717) is 19.0 Å². The molecule has 3 rings (SSSR count). The number of nitrogens with one attached hydrogen (secondary N) is 1. The van der Waals surface area contributed by atoms with E-state index in [2.05, 4.69) is 5.32 Å². The number of aromatic nitrogens is 1. The maximum Gasteiger partial charge on any atom is 3.00 e. The molecule has 7 nitrogen and oxygen atoms in total. The summed E-state index contributed by atoms with van der Waals surface area (Å²) in [5.74, 6) is -1.65. The summed E-state index contributed by atoms with van der Waals surface area (Å²) >= 11 is 0. The molecule has 2 heterocycles. The summed E-state index contributed by atoms with van der Waals surface area (Å²) in [6, 6.07) is 1.04. The molecule has 0 bridgehead atoms. The topological polar surface area (TPSA) is 83.8 Å². The van der Waals surface area contributed by atoms with Crippen molar-refractivity contribution in [1.82, 2.24) is 9.88 Å². The number of methoxy groups -OCH3 is 1. The van der Waals surface area contributed by atoms with E-state index < -0.39 is 29.5 Å². The molecule has 1 aromatic carbocycles. The number of benzene rings is 1. The van der Waals surface area contributed by atoms with Gasteiger partial charge in [-0.3, -0.25) is 4.79 Å². The van der Waals surface area contributed by atoms with Crippen LogP contribution in [0.3, 0.4) is 0 Å². The van der Waals surface area contributed by atoms with Crippen molar-refractivity contribution in [1.29, 1.82) is 0 Å². The number of pyridine rings is 1. The van der Waals surface area contributed by atoms with Crippen LogP contribution in [0.5, 0.6) is 5.75 Å². The molecule has 0 saturated carbocycles. The molecule has 1 saturated heterocycles. The van der Waals surface area contributed by atoms with Gasteiger partial charge in [0, 0.05) is 19.3 Å². The fraction of sp³-hybridized carbons (Fsp3) is 0.500. The van der Waals surface area contributed by atoms with E-state index >= 15 is 4.39 Å². The van der Waals surface area contributed by atoms with Crippen LogP contribution in [-0.2, 0) is 6.54 Å². The van der Waals surface area contributed by atoms with Gasteiger partial charge in [0.2, 0.25) is 5.43 Å². The number of anilines is 1. The van der Waals surface area contributed by atoms with Crippen LogP contribution < -0.4 is 34.5 Å². The van der Waals surface area contributed by atoms with Crippen LogP contribution in [0.2, 0.25) is 0 Å². The zero-order valence-corrected chi connectivity index (χ0v) is 18.2. The Hall–Kier alpha value is -2.83. The normalized spacial score (nSPS) is 14.5. The summed E-state index contributed by atoms with van der Waals surface area (Å²) in [5, 5.41) is 12.4. The van der Waals surface area contributed by atoms with E-state index in [9.17, 15) is 19.1 Å². The van der Waals surface area contributed by atoms with Gasteiger partial charge in [-0.1, -0.05) is 6.92 Å². The first-order valence-corrected chi connectivity index (χ1v) is 9.61. The Morgan fingerprint density at radius 3 is 2.55 bits per heavy atom. The van der Waals surface area contributed by atoms with Crippen LogP contribution in [-0.4, -0.2) is 64.0 Å². The van der Waals surface area contributed by atoms with Gasteiger partial charge in [-0.25, -0.2) is 13.6 Å². The number of rotatable bonds is 8. The Morgan fingerprint density at radius 1 is 1.33 bits per heavy atom. The molecule has 1 aromatic heterocycles. The number of fused-ring (bicyclic) bond motifs is 1. The molecule has 1 atom stereocenters. The van der Waals surface area contributed by atoms with Gasteiger partial charge < -0.3 is 38.7 Å². The first-order valence-electron chi connectivity index (χ1n) is 9.61. The van der Waals surface area contributed by atoms with Gasteiger partial charge in [-0.05, 0) is 31.5 Å². The first kappa shape index (κ1) is 32.4. The quantitative estimate of drug-likeness (QED) is 0.291. The van der Waals surface area contributed by atoms with Crippen molar-refractivity contribution >= 4 is 31.0 Å². The average molecular weight is 477 g/mol. The Bertz CT molecular complexity index is 993. The third-order valence-electron chi connectivity index (χ3n) is 5.29. The minimum atomic E-state index is -1.45. The molecule has 0 aliphatic carbocycles. The van der Waals surface area contributed by atoms with Crippen molar-refractivity contribution in [2.45, 2.75) is 19.9 Å². The number of halogens is 5. The van der Waals surface area contributed by atoms with E-state index in [1.165, 1.54) is 11.7 Å². The van der Waals surface area contributed by atoms with E-state index in [-0.39, 0.29) is 51.4 Å². The van der Waals surface area contributed by atoms with Crippen molar-refractivity contribution < 1.29 is 37.5 Å². The van der Waals surface area contributed by atoms with Crippen LogP contribution >= 0.6 is 0 Å². The predicted octanol–water partition coefficient (Wildman–Crippen LogP) is -7.12. The maximum absolute atomic E-state index is 15.1. The summed E-state index contributed by atoms with van der Waals surface area (Å²) < 4.78 is 35.1. The molecule has 182 valence electrons. The monoisotopic (exact) mass is 477 g/mol. The van der Waals surface area contributed by atoms with E-state index in [1.54, 1.807) is 0 Å².